The molecule has 2 aromatic rings. The third-order valence-electron chi connectivity index (χ3n) is 13.4. The number of anilines is 3. The van der Waals surface area contributed by atoms with Crippen LogP contribution < -0.4 is 10.2 Å². The van der Waals surface area contributed by atoms with Crippen LogP contribution in [0.5, 0.6) is 0 Å². The number of aromatic nitrogens is 3. The highest BCUT2D eigenvalue weighted by Crippen LogP contribution is 2.44. The van der Waals surface area contributed by atoms with Gasteiger partial charge >= 0.3 is 6.18 Å². The molecule has 0 saturated carbocycles. The molecule has 336 valence electrons. The first-order valence-corrected chi connectivity index (χ1v) is 20.9. The van der Waals surface area contributed by atoms with Gasteiger partial charge in [0.15, 0.2) is 17.3 Å². The van der Waals surface area contributed by atoms with Gasteiger partial charge in [-0.25, -0.2) is 18.7 Å². The lowest BCUT2D eigenvalue weighted by Crippen LogP contribution is -2.58. The van der Waals surface area contributed by atoms with E-state index in [1.165, 1.54) is 12.0 Å². The Morgan fingerprint density at radius 2 is 1.57 bits per heavy atom. The van der Waals surface area contributed by atoms with Crippen molar-refractivity contribution in [2.75, 3.05) is 56.7 Å². The summed E-state index contributed by atoms with van der Waals surface area (Å²) in [5.41, 5.74) is -4.65. The number of carbonyl (C=O) groups is 3. The summed E-state index contributed by atoms with van der Waals surface area (Å²) in [5, 5.41) is 2.83. The van der Waals surface area contributed by atoms with Crippen LogP contribution in [0.1, 0.15) is 124 Å². The quantitative estimate of drug-likeness (QED) is 0.121. The lowest BCUT2D eigenvalue weighted by molar-refractivity contribution is -0.181. The molecule has 5 unspecified atom stereocenters. The number of ketones is 3. The molecule has 1 N–H and O–H groups in total. The van der Waals surface area contributed by atoms with Crippen molar-refractivity contribution in [2.45, 2.75) is 148 Å². The van der Waals surface area contributed by atoms with E-state index in [1.54, 1.807) is 19.9 Å². The third-order valence-corrected chi connectivity index (χ3v) is 13.4. The number of carbonyl (C=O) groups excluding carboxylic acids is 3. The standard InChI is InChI=1S/C43H63F5N6O6/c1-11-38(6,36(57)28(5)60-40(8,13-3)33(56)25-58-10)41(9,14-4)59-26-32(55)39(7,12-2)54-20-16-29(17-21-54)31-24-35(51-34-23-30(15-19-49-34)43(46,47)48)52-37(50-31)53-22-18-42(44,45)27-53/h15,19,23-24,28-29H,11-14,16-18,20-22,25-27H2,1-10H3,(H,49,50,51,52). The summed E-state index contributed by atoms with van der Waals surface area (Å²) in [5.74, 6) is -3.69. The predicted molar refractivity (Wildman–Crippen MR) is 218 cm³/mol. The molecule has 60 heavy (non-hydrogen) atoms. The second-order valence-corrected chi connectivity index (χ2v) is 17.0. The number of nitrogens with zero attached hydrogens (tertiary/aromatic N) is 5. The Bertz CT molecular complexity index is 1830. The molecule has 0 aromatic carbocycles. The van der Waals surface area contributed by atoms with Gasteiger partial charge in [0.2, 0.25) is 5.95 Å². The number of alkyl halides is 5. The number of halogens is 5. The molecule has 0 amide bonds. The number of likely N-dealkylation sites (tertiary alicyclic amines) is 1. The van der Waals surface area contributed by atoms with E-state index in [0.717, 1.165) is 18.3 Å². The zero-order valence-corrected chi connectivity index (χ0v) is 36.7. The van der Waals surface area contributed by atoms with E-state index in [4.69, 9.17) is 14.2 Å². The van der Waals surface area contributed by atoms with Crippen molar-refractivity contribution >= 4 is 34.9 Å². The molecule has 4 rings (SSSR count). The fourth-order valence-corrected chi connectivity index (χ4v) is 8.21. The Balaban J connectivity index is 1.50. The van der Waals surface area contributed by atoms with Gasteiger partial charge in [0, 0.05) is 38.3 Å². The van der Waals surface area contributed by atoms with Crippen LogP contribution in [-0.4, -0.2) is 112 Å². The molecule has 0 spiro atoms. The summed E-state index contributed by atoms with van der Waals surface area (Å²) < 4.78 is 86.6. The van der Waals surface area contributed by atoms with Gasteiger partial charge in [0.25, 0.3) is 5.92 Å². The zero-order valence-electron chi connectivity index (χ0n) is 36.7. The van der Waals surface area contributed by atoms with Crippen LogP contribution in [0.25, 0.3) is 0 Å². The highest BCUT2D eigenvalue weighted by atomic mass is 19.4. The largest absolute Gasteiger partial charge is 0.416 e. The number of piperidine rings is 1. The van der Waals surface area contributed by atoms with E-state index in [1.807, 2.05) is 48.5 Å². The van der Waals surface area contributed by atoms with E-state index >= 15 is 0 Å². The van der Waals surface area contributed by atoms with Crippen molar-refractivity contribution in [1.82, 2.24) is 19.9 Å². The summed E-state index contributed by atoms with van der Waals surface area (Å²) in [6.45, 7) is 16.4. The fraction of sp³-hybridized carbons (Fsp3) is 0.721. The molecule has 0 bridgehead atoms. The molecular weight excluding hydrogens is 791 g/mol. The minimum absolute atomic E-state index is 0.0127. The average Bonchev–Trinajstić information content (AvgIpc) is 3.60. The molecule has 0 aliphatic carbocycles. The van der Waals surface area contributed by atoms with Crippen LogP contribution in [0.4, 0.5) is 39.5 Å². The average molecular weight is 855 g/mol. The molecule has 4 heterocycles. The van der Waals surface area contributed by atoms with E-state index in [-0.39, 0.29) is 67.0 Å². The Morgan fingerprint density at radius 1 is 0.900 bits per heavy atom. The number of pyridine rings is 1. The molecule has 2 fully saturated rings. The summed E-state index contributed by atoms with van der Waals surface area (Å²) >= 11 is 0. The fourth-order valence-electron chi connectivity index (χ4n) is 8.21. The van der Waals surface area contributed by atoms with E-state index in [2.05, 4.69) is 25.2 Å². The SMILES string of the molecule is CCC(C)(OC(C)C(=O)C(C)(CC)C(C)(CC)OCC(=O)C(C)(CC)N1CCC(c2cc(Nc3cc(C(F)(F)F)ccn3)nc(N3CCC(F)(F)C3)n2)CC1)C(=O)COC. The lowest BCUT2D eigenvalue weighted by atomic mass is 9.66. The summed E-state index contributed by atoms with van der Waals surface area (Å²) in [6, 6.07) is 3.32. The molecule has 2 aromatic heterocycles. The van der Waals surface area contributed by atoms with Crippen molar-refractivity contribution in [3.8, 4) is 0 Å². The van der Waals surface area contributed by atoms with E-state index in [9.17, 15) is 36.3 Å². The summed E-state index contributed by atoms with van der Waals surface area (Å²) in [6.07, 6.45) is -2.16. The van der Waals surface area contributed by atoms with Gasteiger partial charge in [-0.15, -0.1) is 0 Å². The number of Topliss-reactive ketones (excluding diaryl/α,β-unsaturated/α-hetero) is 3. The van der Waals surface area contributed by atoms with E-state index < -0.39 is 52.5 Å². The van der Waals surface area contributed by atoms with Crippen LogP contribution in [0.2, 0.25) is 0 Å². The van der Waals surface area contributed by atoms with Crippen molar-refractivity contribution in [3.63, 3.8) is 0 Å². The first-order chi connectivity index (χ1) is 27.9. The second-order valence-electron chi connectivity index (χ2n) is 17.0. The molecule has 2 aliphatic heterocycles. The van der Waals surface area contributed by atoms with Crippen LogP contribution in [0.15, 0.2) is 24.4 Å². The number of rotatable bonds is 21. The Kier molecular flexibility index (Phi) is 15.6. The maximum absolute atomic E-state index is 14.3. The lowest BCUT2D eigenvalue weighted by Gasteiger charge is -2.47. The Morgan fingerprint density at radius 3 is 2.10 bits per heavy atom. The molecule has 2 saturated heterocycles. The van der Waals surface area contributed by atoms with Gasteiger partial charge in [0.05, 0.1) is 34.4 Å². The van der Waals surface area contributed by atoms with E-state index in [0.29, 0.717) is 57.3 Å². The monoisotopic (exact) mass is 854 g/mol. The highest BCUT2D eigenvalue weighted by molar-refractivity contribution is 5.92. The van der Waals surface area contributed by atoms with Crippen molar-refractivity contribution in [3.05, 3.63) is 35.7 Å². The molecule has 5 atom stereocenters. The number of hydrogen-bond acceptors (Lipinski definition) is 12. The highest BCUT2D eigenvalue weighted by Gasteiger charge is 2.52. The van der Waals surface area contributed by atoms with Gasteiger partial charge in [-0.1, -0.05) is 27.7 Å². The van der Waals surface area contributed by atoms with Gasteiger partial charge in [-0.3, -0.25) is 19.3 Å². The molecule has 0 radical (unpaired) electrons. The second kappa shape index (κ2) is 19.2. The zero-order chi connectivity index (χ0) is 44.9. The van der Waals surface area contributed by atoms with Crippen LogP contribution >= 0.6 is 0 Å². The van der Waals surface area contributed by atoms with Gasteiger partial charge in [-0.2, -0.15) is 18.2 Å². The molecule has 12 nitrogen and oxygen atoms in total. The predicted octanol–water partition coefficient (Wildman–Crippen LogP) is 8.36. The minimum Gasteiger partial charge on any atom is -0.377 e. The van der Waals surface area contributed by atoms with Crippen LogP contribution in [0, 0.1) is 5.41 Å². The first kappa shape index (κ1) is 49.0. The maximum atomic E-state index is 14.3. The van der Waals surface area contributed by atoms with Gasteiger partial charge in [-0.05, 0) is 98.4 Å². The number of hydrogen-bond donors (Lipinski definition) is 1. The van der Waals surface area contributed by atoms with Gasteiger partial charge < -0.3 is 24.4 Å². The first-order valence-electron chi connectivity index (χ1n) is 20.9. The molecule has 17 heteroatoms. The number of nitrogens with one attached hydrogen (secondary N) is 1. The maximum Gasteiger partial charge on any atom is 0.416 e. The smallest absolute Gasteiger partial charge is 0.377 e. The van der Waals surface area contributed by atoms with Crippen molar-refractivity contribution < 1.29 is 50.5 Å². The molecule has 2 aliphatic rings. The number of methoxy groups -OCH3 is 1. The van der Waals surface area contributed by atoms with Crippen molar-refractivity contribution in [2.24, 2.45) is 5.41 Å². The Hall–Kier alpha value is -3.67. The summed E-state index contributed by atoms with van der Waals surface area (Å²) in [7, 11) is 1.43. The molecular formula is C43H63F5N6O6. The Labute approximate surface area is 350 Å². The topological polar surface area (TPSA) is 136 Å². The van der Waals surface area contributed by atoms with Crippen LogP contribution in [-0.2, 0) is 34.8 Å². The van der Waals surface area contributed by atoms with Crippen LogP contribution in [0.3, 0.4) is 0 Å². The summed E-state index contributed by atoms with van der Waals surface area (Å²) in [4.78, 5) is 57.9. The van der Waals surface area contributed by atoms with Gasteiger partial charge in [0.1, 0.15) is 36.6 Å². The third kappa shape index (κ3) is 10.7. The number of ether oxygens (including phenoxy) is 3. The normalized spacial score (nSPS) is 21.0. The van der Waals surface area contributed by atoms with Crippen molar-refractivity contribution in [1.29, 1.82) is 0 Å². The minimum atomic E-state index is -4.60.